The topological polar surface area (TPSA) is 72.1 Å². The van der Waals surface area contributed by atoms with Crippen molar-refractivity contribution in [3.8, 4) is 0 Å². The van der Waals surface area contributed by atoms with E-state index in [0.717, 1.165) is 23.9 Å². The first kappa shape index (κ1) is 18.8. The van der Waals surface area contributed by atoms with Crippen LogP contribution in [0.1, 0.15) is 52.3 Å². The summed E-state index contributed by atoms with van der Waals surface area (Å²) in [6.45, 7) is 0. The summed E-state index contributed by atoms with van der Waals surface area (Å²) in [5.74, 6) is -0.0166. The van der Waals surface area contributed by atoms with Gasteiger partial charge in [-0.1, -0.05) is 6.07 Å². The molecule has 5 rings (SSSR count). The van der Waals surface area contributed by atoms with Crippen LogP contribution in [-0.2, 0) is 12.8 Å². The van der Waals surface area contributed by atoms with Gasteiger partial charge >= 0.3 is 6.18 Å². The van der Waals surface area contributed by atoms with E-state index in [-0.39, 0.29) is 17.9 Å². The molecule has 30 heavy (non-hydrogen) atoms. The van der Waals surface area contributed by atoms with Crippen molar-refractivity contribution in [3.63, 3.8) is 0 Å². The Kier molecular flexibility index (Phi) is 4.34. The van der Waals surface area contributed by atoms with Gasteiger partial charge in [0.1, 0.15) is 11.6 Å². The molecule has 3 aromatic rings. The Morgan fingerprint density at radius 1 is 1.20 bits per heavy atom. The van der Waals surface area contributed by atoms with E-state index in [0.29, 0.717) is 11.4 Å². The number of nitrogens with zero attached hydrogens (tertiary/aromatic N) is 2. The zero-order valence-electron chi connectivity index (χ0n) is 15.9. The third-order valence-electron chi connectivity index (χ3n) is 5.67. The number of hydrogen-bond donors (Lipinski definition) is 2. The highest BCUT2D eigenvalue weighted by molar-refractivity contribution is 6.03. The molecule has 0 unspecified atom stereocenters. The van der Waals surface area contributed by atoms with Crippen LogP contribution in [0.15, 0.2) is 47.1 Å². The highest BCUT2D eigenvalue weighted by atomic mass is 19.4. The fourth-order valence-electron chi connectivity index (χ4n) is 4.21. The lowest BCUT2D eigenvalue weighted by Crippen LogP contribution is -2.35. The minimum atomic E-state index is -4.51. The second-order valence-electron chi connectivity index (χ2n) is 7.66. The van der Waals surface area contributed by atoms with Crippen molar-refractivity contribution in [2.45, 2.75) is 43.9 Å². The molecule has 2 N–H and O–H groups in total. The largest absolute Gasteiger partial charge is 0.467 e. The number of fused-ring (bicyclic) bond motifs is 2. The monoisotopic (exact) mass is 416 g/mol. The zero-order valence-corrected chi connectivity index (χ0v) is 15.9. The second-order valence-corrected chi connectivity index (χ2v) is 7.66. The molecule has 0 bridgehead atoms. The standard InChI is InChI=1S/C21H19F3N4O2/c22-21(23,24)18-10-15(17-5-2-8-30-17)26-19-11-16(27-28(18)19)20(29)25-14-7-6-12-3-1-4-13(12)9-14/h2,5-9,11,15,18,26H,1,3-4,10H2,(H,25,29)/t15-,18+/m1/s1. The molecule has 0 fully saturated rings. The molecule has 156 valence electrons. The Morgan fingerprint density at radius 2 is 2.03 bits per heavy atom. The van der Waals surface area contributed by atoms with Crippen LogP contribution < -0.4 is 10.6 Å². The molecule has 2 atom stereocenters. The first-order chi connectivity index (χ1) is 14.4. The van der Waals surface area contributed by atoms with Gasteiger partial charge in [0, 0.05) is 18.2 Å². The molecule has 6 nitrogen and oxygen atoms in total. The number of benzene rings is 1. The fourth-order valence-corrected chi connectivity index (χ4v) is 4.21. The maximum Gasteiger partial charge on any atom is 0.410 e. The Labute approximate surface area is 170 Å². The van der Waals surface area contributed by atoms with Gasteiger partial charge in [0.2, 0.25) is 0 Å². The van der Waals surface area contributed by atoms with Crippen molar-refractivity contribution >= 4 is 17.4 Å². The van der Waals surface area contributed by atoms with Gasteiger partial charge in [-0.25, -0.2) is 4.68 Å². The Hall–Kier alpha value is -3.23. The predicted molar refractivity (Wildman–Crippen MR) is 103 cm³/mol. The lowest BCUT2D eigenvalue weighted by molar-refractivity contribution is -0.174. The number of amides is 1. The summed E-state index contributed by atoms with van der Waals surface area (Å²) in [7, 11) is 0. The SMILES string of the molecule is O=C(Nc1ccc2c(c1)CCC2)c1cc2n(n1)[C@H](C(F)(F)F)C[C@H](c1ccco1)N2. The van der Waals surface area contributed by atoms with Gasteiger partial charge in [0.05, 0.1) is 12.3 Å². The number of alkyl halides is 3. The smallest absolute Gasteiger partial charge is 0.410 e. The third kappa shape index (κ3) is 3.34. The number of nitrogens with one attached hydrogen (secondary N) is 2. The maximum atomic E-state index is 13.7. The number of halogens is 3. The summed E-state index contributed by atoms with van der Waals surface area (Å²) in [4.78, 5) is 12.7. The number of rotatable bonds is 3. The van der Waals surface area contributed by atoms with Gasteiger partial charge in [-0.2, -0.15) is 18.3 Å². The number of furan rings is 1. The van der Waals surface area contributed by atoms with Crippen molar-refractivity contribution in [1.82, 2.24) is 9.78 Å². The molecule has 9 heteroatoms. The van der Waals surface area contributed by atoms with Crippen LogP contribution >= 0.6 is 0 Å². The first-order valence-electron chi connectivity index (χ1n) is 9.78. The van der Waals surface area contributed by atoms with Gasteiger partial charge in [0.15, 0.2) is 11.7 Å². The number of aryl methyl sites for hydroxylation is 2. The summed E-state index contributed by atoms with van der Waals surface area (Å²) in [6.07, 6.45) is -0.302. The van der Waals surface area contributed by atoms with E-state index >= 15 is 0 Å². The van der Waals surface area contributed by atoms with E-state index in [1.54, 1.807) is 12.1 Å². The summed E-state index contributed by atoms with van der Waals surface area (Å²) in [5.41, 5.74) is 3.00. The van der Waals surface area contributed by atoms with Crippen LogP contribution in [0.2, 0.25) is 0 Å². The van der Waals surface area contributed by atoms with E-state index in [1.807, 2.05) is 18.2 Å². The lowest BCUT2D eigenvalue weighted by Gasteiger charge is -2.32. The maximum absolute atomic E-state index is 13.7. The molecule has 1 aromatic carbocycles. The Morgan fingerprint density at radius 3 is 2.80 bits per heavy atom. The molecule has 1 aliphatic heterocycles. The van der Waals surface area contributed by atoms with Crippen LogP contribution in [0, 0.1) is 0 Å². The van der Waals surface area contributed by atoms with Crippen molar-refractivity contribution in [1.29, 1.82) is 0 Å². The molecule has 2 aromatic heterocycles. The Bertz CT molecular complexity index is 1090. The van der Waals surface area contributed by atoms with E-state index in [1.165, 1.54) is 23.5 Å². The predicted octanol–water partition coefficient (Wildman–Crippen LogP) is 4.88. The average Bonchev–Trinajstić information content (AvgIpc) is 3.44. The van der Waals surface area contributed by atoms with Crippen LogP contribution in [0.4, 0.5) is 24.7 Å². The summed E-state index contributed by atoms with van der Waals surface area (Å²) in [5, 5.41) is 9.72. The number of carbonyl (C=O) groups excluding carboxylic acids is 1. The average molecular weight is 416 g/mol. The van der Waals surface area contributed by atoms with Gasteiger partial charge in [-0.15, -0.1) is 0 Å². The zero-order chi connectivity index (χ0) is 20.9. The summed E-state index contributed by atoms with van der Waals surface area (Å²) in [6, 6.07) is 7.78. The normalized spacial score (nSPS) is 20.4. The number of carbonyl (C=O) groups is 1. The second kappa shape index (κ2) is 6.93. The third-order valence-corrected chi connectivity index (χ3v) is 5.67. The lowest BCUT2D eigenvalue weighted by atomic mass is 10.0. The highest BCUT2D eigenvalue weighted by Gasteiger charge is 2.47. The van der Waals surface area contributed by atoms with Crippen LogP contribution in [-0.4, -0.2) is 21.9 Å². The minimum Gasteiger partial charge on any atom is -0.467 e. The molecular formula is C21H19F3N4O2. The molecule has 3 heterocycles. The van der Waals surface area contributed by atoms with Crippen molar-refractivity contribution < 1.29 is 22.4 Å². The quantitative estimate of drug-likeness (QED) is 0.639. The van der Waals surface area contributed by atoms with E-state index in [4.69, 9.17) is 4.42 Å². The number of aromatic nitrogens is 2. The minimum absolute atomic E-state index is 0.0765. The van der Waals surface area contributed by atoms with Gasteiger partial charge in [0.25, 0.3) is 5.91 Å². The summed E-state index contributed by atoms with van der Waals surface area (Å²) < 4.78 is 47.2. The molecular weight excluding hydrogens is 397 g/mol. The molecule has 1 amide bonds. The molecule has 1 aliphatic carbocycles. The first-order valence-corrected chi connectivity index (χ1v) is 9.78. The van der Waals surface area contributed by atoms with E-state index in [2.05, 4.69) is 15.7 Å². The summed E-state index contributed by atoms with van der Waals surface area (Å²) >= 11 is 0. The van der Waals surface area contributed by atoms with Gasteiger partial charge < -0.3 is 15.1 Å². The van der Waals surface area contributed by atoms with Crippen molar-refractivity contribution in [3.05, 3.63) is 65.2 Å². The molecule has 0 saturated carbocycles. The molecule has 0 spiro atoms. The van der Waals surface area contributed by atoms with Crippen LogP contribution in [0.5, 0.6) is 0 Å². The fraction of sp³-hybridized carbons (Fsp3) is 0.333. The van der Waals surface area contributed by atoms with Crippen molar-refractivity contribution in [2.24, 2.45) is 0 Å². The molecule has 0 radical (unpaired) electrons. The molecule has 2 aliphatic rings. The number of anilines is 2. The van der Waals surface area contributed by atoms with E-state index < -0.39 is 24.2 Å². The highest BCUT2D eigenvalue weighted by Crippen LogP contribution is 2.43. The van der Waals surface area contributed by atoms with E-state index in [9.17, 15) is 18.0 Å². The Balaban J connectivity index is 1.42. The van der Waals surface area contributed by atoms with Crippen LogP contribution in [0.3, 0.4) is 0 Å². The van der Waals surface area contributed by atoms with Gasteiger partial charge in [-0.05, 0) is 54.7 Å². The van der Waals surface area contributed by atoms with Crippen LogP contribution in [0.25, 0.3) is 0 Å². The van der Waals surface area contributed by atoms with Gasteiger partial charge in [-0.3, -0.25) is 4.79 Å². The van der Waals surface area contributed by atoms with Crippen molar-refractivity contribution in [2.75, 3.05) is 10.6 Å². The molecule has 0 saturated heterocycles. The number of hydrogen-bond acceptors (Lipinski definition) is 4.